The Morgan fingerprint density at radius 2 is 2.05 bits per heavy atom. The van der Waals surface area contributed by atoms with Crippen LogP contribution in [-0.4, -0.2) is 33.0 Å². The number of hydrogen-bond acceptors (Lipinski definition) is 4. The number of piperidine rings is 1. The molecule has 1 aliphatic rings. The molecule has 0 aromatic heterocycles. The van der Waals surface area contributed by atoms with Gasteiger partial charge < -0.3 is 10.6 Å². The van der Waals surface area contributed by atoms with Crippen molar-refractivity contribution in [3.8, 4) is 0 Å². The van der Waals surface area contributed by atoms with Crippen LogP contribution in [0, 0.1) is 0 Å². The monoisotopic (exact) mass is 311 g/mol. The molecular weight excluding hydrogens is 290 g/mol. The molecule has 7 heteroatoms. The van der Waals surface area contributed by atoms with E-state index >= 15 is 0 Å². The van der Waals surface area contributed by atoms with E-state index in [1.54, 1.807) is 24.3 Å². The fourth-order valence-electron chi connectivity index (χ4n) is 2.48. The Balaban J connectivity index is 1.99. The Labute approximate surface area is 125 Å². The van der Waals surface area contributed by atoms with Gasteiger partial charge in [-0.15, -0.1) is 0 Å². The molecule has 2 rings (SSSR count). The fraction of sp³-hybridized carbons (Fsp3) is 0.500. The highest BCUT2D eigenvalue weighted by Gasteiger charge is 2.22. The van der Waals surface area contributed by atoms with E-state index in [4.69, 9.17) is 5.14 Å². The van der Waals surface area contributed by atoms with E-state index in [0.717, 1.165) is 19.4 Å². The first-order chi connectivity index (χ1) is 9.85. The molecule has 6 nitrogen and oxygen atoms in total. The molecule has 1 aromatic carbocycles. The number of carbonyl (C=O) groups is 1. The second-order valence-corrected chi connectivity index (χ2v) is 7.08. The van der Waals surface area contributed by atoms with Crippen LogP contribution in [0.25, 0.3) is 0 Å². The zero-order chi connectivity index (χ0) is 15.5. The van der Waals surface area contributed by atoms with Gasteiger partial charge in [-0.05, 0) is 44.0 Å². The summed E-state index contributed by atoms with van der Waals surface area (Å²) in [4.78, 5) is 12.2. The minimum absolute atomic E-state index is 0.121. The number of carbonyl (C=O) groups excluding carboxylic acids is 1. The van der Waals surface area contributed by atoms with Crippen molar-refractivity contribution in [3.63, 3.8) is 0 Å². The minimum Gasteiger partial charge on any atom is -0.348 e. The summed E-state index contributed by atoms with van der Waals surface area (Å²) < 4.78 is 22.0. The molecular formula is C14H21N3O3S. The summed E-state index contributed by atoms with van der Waals surface area (Å²) in [5, 5.41) is 11.3. The number of nitrogens with one attached hydrogen (secondary N) is 2. The largest absolute Gasteiger partial charge is 0.348 e. The number of benzene rings is 1. The van der Waals surface area contributed by atoms with Gasteiger partial charge in [-0.25, -0.2) is 13.6 Å². The van der Waals surface area contributed by atoms with E-state index in [9.17, 15) is 13.2 Å². The molecule has 0 saturated carbocycles. The highest BCUT2D eigenvalue weighted by molar-refractivity contribution is 7.88. The van der Waals surface area contributed by atoms with Gasteiger partial charge in [0.05, 0.1) is 5.75 Å². The van der Waals surface area contributed by atoms with Gasteiger partial charge in [0.2, 0.25) is 10.0 Å². The number of sulfonamides is 1. The highest BCUT2D eigenvalue weighted by Crippen LogP contribution is 2.11. The molecule has 1 amide bonds. The molecule has 0 spiro atoms. The Bertz CT molecular complexity index is 598. The molecule has 2 unspecified atom stereocenters. The van der Waals surface area contributed by atoms with Crippen LogP contribution in [0.5, 0.6) is 0 Å². The normalized spacial score (nSPS) is 22.8. The van der Waals surface area contributed by atoms with Crippen LogP contribution < -0.4 is 15.8 Å². The van der Waals surface area contributed by atoms with Crippen molar-refractivity contribution in [2.24, 2.45) is 5.14 Å². The van der Waals surface area contributed by atoms with E-state index < -0.39 is 10.0 Å². The summed E-state index contributed by atoms with van der Waals surface area (Å²) >= 11 is 0. The third-order valence-corrected chi connectivity index (χ3v) is 4.40. The molecule has 4 N–H and O–H groups in total. The van der Waals surface area contributed by atoms with Crippen molar-refractivity contribution >= 4 is 15.9 Å². The Morgan fingerprint density at radius 1 is 1.38 bits per heavy atom. The van der Waals surface area contributed by atoms with Crippen LogP contribution in [0.3, 0.4) is 0 Å². The van der Waals surface area contributed by atoms with E-state index in [2.05, 4.69) is 17.6 Å². The summed E-state index contributed by atoms with van der Waals surface area (Å²) in [6.45, 7) is 3.04. The van der Waals surface area contributed by atoms with E-state index in [-0.39, 0.29) is 23.7 Å². The lowest BCUT2D eigenvalue weighted by atomic mass is 9.99. The highest BCUT2D eigenvalue weighted by atomic mass is 32.2. The maximum atomic E-state index is 12.2. The molecule has 1 aliphatic heterocycles. The Morgan fingerprint density at radius 3 is 2.62 bits per heavy atom. The van der Waals surface area contributed by atoms with E-state index in [0.29, 0.717) is 11.1 Å². The zero-order valence-electron chi connectivity index (χ0n) is 12.0. The molecule has 21 heavy (non-hydrogen) atoms. The zero-order valence-corrected chi connectivity index (χ0v) is 12.8. The van der Waals surface area contributed by atoms with E-state index in [1.165, 1.54) is 0 Å². The second-order valence-electron chi connectivity index (χ2n) is 5.47. The molecule has 1 aromatic rings. The number of rotatable bonds is 4. The summed E-state index contributed by atoms with van der Waals surface area (Å²) in [7, 11) is -3.55. The first-order valence-corrected chi connectivity index (χ1v) is 8.70. The third kappa shape index (κ3) is 4.80. The quantitative estimate of drug-likeness (QED) is 0.746. The first kappa shape index (κ1) is 15.9. The average molecular weight is 311 g/mol. The number of hydrogen-bond donors (Lipinski definition) is 3. The SMILES string of the molecule is CC1NCCCC1NC(=O)c1ccc(CS(N)(=O)=O)cc1. The Kier molecular flexibility index (Phi) is 4.97. The van der Waals surface area contributed by atoms with E-state index in [1.807, 2.05) is 0 Å². The van der Waals surface area contributed by atoms with Crippen molar-refractivity contribution in [3.05, 3.63) is 35.4 Å². The molecule has 0 aliphatic carbocycles. The van der Waals surface area contributed by atoms with Crippen molar-refractivity contribution in [1.29, 1.82) is 0 Å². The van der Waals surface area contributed by atoms with Gasteiger partial charge in [0, 0.05) is 17.6 Å². The Hall–Kier alpha value is -1.44. The van der Waals surface area contributed by atoms with Gasteiger partial charge in [-0.2, -0.15) is 0 Å². The van der Waals surface area contributed by atoms with Crippen LogP contribution in [0.4, 0.5) is 0 Å². The molecule has 0 bridgehead atoms. The smallest absolute Gasteiger partial charge is 0.251 e. The standard InChI is InChI=1S/C14H21N3O3S/c1-10-13(3-2-8-16-10)17-14(18)12-6-4-11(5-7-12)9-21(15,19)20/h4-7,10,13,16H,2-3,8-9H2,1H3,(H,17,18)(H2,15,19,20). The van der Waals surface area contributed by atoms with Crippen molar-refractivity contribution < 1.29 is 13.2 Å². The van der Waals surface area contributed by atoms with Gasteiger partial charge in [0.15, 0.2) is 0 Å². The van der Waals surface area contributed by atoms with Crippen molar-refractivity contribution in [2.45, 2.75) is 37.6 Å². The maximum Gasteiger partial charge on any atom is 0.251 e. The predicted octanol–water partition coefficient (Wildman–Crippen LogP) is 0.345. The van der Waals surface area contributed by atoms with Gasteiger partial charge >= 0.3 is 0 Å². The predicted molar refractivity (Wildman–Crippen MR) is 81.2 cm³/mol. The van der Waals surface area contributed by atoms with Crippen molar-refractivity contribution in [2.75, 3.05) is 6.54 Å². The lowest BCUT2D eigenvalue weighted by Crippen LogP contribution is -2.51. The average Bonchev–Trinajstić information content (AvgIpc) is 2.40. The second kappa shape index (κ2) is 6.55. The van der Waals surface area contributed by atoms with Gasteiger partial charge in [-0.3, -0.25) is 4.79 Å². The number of nitrogens with two attached hydrogens (primary N) is 1. The number of primary sulfonamides is 1. The molecule has 1 fully saturated rings. The summed E-state index contributed by atoms with van der Waals surface area (Å²) in [6, 6.07) is 6.84. The molecule has 2 atom stereocenters. The fourth-order valence-corrected chi connectivity index (χ4v) is 3.13. The first-order valence-electron chi connectivity index (χ1n) is 6.99. The topological polar surface area (TPSA) is 101 Å². The molecule has 1 heterocycles. The van der Waals surface area contributed by atoms with Crippen molar-refractivity contribution in [1.82, 2.24) is 10.6 Å². The van der Waals surface area contributed by atoms with Gasteiger partial charge in [-0.1, -0.05) is 12.1 Å². The lowest BCUT2D eigenvalue weighted by molar-refractivity contribution is 0.0920. The van der Waals surface area contributed by atoms with Crippen LogP contribution >= 0.6 is 0 Å². The van der Waals surface area contributed by atoms with Crippen LogP contribution in [-0.2, 0) is 15.8 Å². The summed E-state index contributed by atoms with van der Waals surface area (Å²) in [6.07, 6.45) is 2.01. The van der Waals surface area contributed by atoms with Gasteiger partial charge in [0.25, 0.3) is 5.91 Å². The minimum atomic E-state index is -3.55. The number of amides is 1. The summed E-state index contributed by atoms with van der Waals surface area (Å²) in [5.74, 6) is -0.365. The molecule has 1 saturated heterocycles. The maximum absolute atomic E-state index is 12.2. The van der Waals surface area contributed by atoms with Crippen LogP contribution in [0.1, 0.15) is 35.7 Å². The molecule has 0 radical (unpaired) electrons. The molecule has 116 valence electrons. The lowest BCUT2D eigenvalue weighted by Gasteiger charge is -2.30. The van der Waals surface area contributed by atoms with Crippen LogP contribution in [0.15, 0.2) is 24.3 Å². The van der Waals surface area contributed by atoms with Gasteiger partial charge in [0.1, 0.15) is 0 Å². The summed E-state index contributed by atoms with van der Waals surface area (Å²) in [5.41, 5.74) is 1.09. The van der Waals surface area contributed by atoms with Crippen LogP contribution in [0.2, 0.25) is 0 Å². The third-order valence-electron chi connectivity index (χ3n) is 3.66.